The van der Waals surface area contributed by atoms with Gasteiger partial charge in [-0.15, -0.1) is 0 Å². The van der Waals surface area contributed by atoms with Crippen molar-refractivity contribution in [3.8, 4) is 11.5 Å². The van der Waals surface area contributed by atoms with Gasteiger partial charge in [-0.05, 0) is 48.4 Å². The molecule has 31 heavy (non-hydrogen) atoms. The number of rotatable bonds is 10. The lowest BCUT2D eigenvalue weighted by Gasteiger charge is -2.13. The Morgan fingerprint density at radius 1 is 0.903 bits per heavy atom. The Morgan fingerprint density at radius 2 is 1.48 bits per heavy atom. The van der Waals surface area contributed by atoms with Crippen molar-refractivity contribution in [2.75, 3.05) is 20.8 Å². The van der Waals surface area contributed by atoms with Crippen LogP contribution in [0, 0.1) is 0 Å². The molecule has 0 aliphatic carbocycles. The SMILES string of the molecule is COc1ccc(/C=C/C(=O)NC(C)C(=O)NCC(=O)NCc2ccc(OC)cc2)cc1. The predicted octanol–water partition coefficient (Wildman–Crippen LogP) is 1.65. The minimum absolute atomic E-state index is 0.184. The van der Waals surface area contributed by atoms with Crippen LogP contribution in [-0.2, 0) is 20.9 Å². The van der Waals surface area contributed by atoms with Crippen LogP contribution in [-0.4, -0.2) is 44.5 Å². The molecular weight excluding hydrogens is 398 g/mol. The van der Waals surface area contributed by atoms with Crippen LogP contribution in [0.2, 0.25) is 0 Å². The van der Waals surface area contributed by atoms with Crippen molar-refractivity contribution in [3.05, 3.63) is 65.7 Å². The molecule has 1 unspecified atom stereocenters. The zero-order valence-electron chi connectivity index (χ0n) is 17.8. The van der Waals surface area contributed by atoms with E-state index in [1.807, 2.05) is 24.3 Å². The van der Waals surface area contributed by atoms with Crippen LogP contribution in [0.5, 0.6) is 11.5 Å². The van der Waals surface area contributed by atoms with E-state index in [-0.39, 0.29) is 12.5 Å². The number of carbonyl (C=O) groups is 3. The van der Waals surface area contributed by atoms with Gasteiger partial charge < -0.3 is 25.4 Å². The quantitative estimate of drug-likeness (QED) is 0.502. The molecule has 0 aromatic heterocycles. The topological polar surface area (TPSA) is 106 Å². The Morgan fingerprint density at radius 3 is 2.06 bits per heavy atom. The molecule has 3 N–H and O–H groups in total. The number of hydrogen-bond donors (Lipinski definition) is 3. The van der Waals surface area contributed by atoms with E-state index in [1.54, 1.807) is 51.5 Å². The molecular formula is C23H27N3O5. The fourth-order valence-corrected chi connectivity index (χ4v) is 2.54. The highest BCUT2D eigenvalue weighted by atomic mass is 16.5. The molecule has 2 aromatic rings. The Bertz CT molecular complexity index is 908. The number of hydrogen-bond acceptors (Lipinski definition) is 5. The minimum atomic E-state index is -0.789. The Hall–Kier alpha value is -3.81. The van der Waals surface area contributed by atoms with Crippen molar-refractivity contribution in [1.29, 1.82) is 0 Å². The molecule has 0 saturated carbocycles. The van der Waals surface area contributed by atoms with Gasteiger partial charge in [0.1, 0.15) is 17.5 Å². The molecule has 2 aromatic carbocycles. The zero-order valence-corrected chi connectivity index (χ0v) is 17.8. The lowest BCUT2D eigenvalue weighted by molar-refractivity contribution is -0.128. The van der Waals surface area contributed by atoms with E-state index in [0.717, 1.165) is 22.6 Å². The van der Waals surface area contributed by atoms with Crippen molar-refractivity contribution in [2.45, 2.75) is 19.5 Å². The number of nitrogens with one attached hydrogen (secondary N) is 3. The average Bonchev–Trinajstić information content (AvgIpc) is 2.80. The summed E-state index contributed by atoms with van der Waals surface area (Å²) in [6.45, 7) is 1.70. The molecule has 0 radical (unpaired) electrons. The summed E-state index contributed by atoms with van der Waals surface area (Å²) in [6.07, 6.45) is 2.97. The zero-order chi connectivity index (χ0) is 22.6. The maximum absolute atomic E-state index is 12.1. The maximum atomic E-state index is 12.1. The van der Waals surface area contributed by atoms with Gasteiger partial charge in [0, 0.05) is 12.6 Å². The standard InChI is InChI=1S/C23H27N3O5/c1-16(26-21(27)13-8-17-4-9-19(30-2)10-5-17)23(29)25-15-22(28)24-14-18-6-11-20(31-3)12-7-18/h4-13,16H,14-15H2,1-3H3,(H,24,28)(H,25,29)(H,26,27)/b13-8+. The van der Waals surface area contributed by atoms with Crippen LogP contribution in [0.25, 0.3) is 6.08 Å². The normalized spacial score (nSPS) is 11.5. The Kier molecular flexibility index (Phi) is 9.10. The monoisotopic (exact) mass is 425 g/mol. The molecule has 0 aliphatic heterocycles. The summed E-state index contributed by atoms with van der Waals surface area (Å²) in [5.41, 5.74) is 1.73. The molecule has 8 heteroatoms. The van der Waals surface area contributed by atoms with Crippen molar-refractivity contribution in [2.24, 2.45) is 0 Å². The summed E-state index contributed by atoms with van der Waals surface area (Å²) in [4.78, 5) is 36.1. The van der Waals surface area contributed by atoms with Gasteiger partial charge in [0.25, 0.3) is 0 Å². The highest BCUT2D eigenvalue weighted by molar-refractivity contribution is 5.96. The van der Waals surface area contributed by atoms with E-state index in [9.17, 15) is 14.4 Å². The third kappa shape index (κ3) is 8.22. The molecule has 1 atom stereocenters. The maximum Gasteiger partial charge on any atom is 0.244 e. The molecule has 0 bridgehead atoms. The Labute approximate surface area is 181 Å². The molecule has 164 valence electrons. The van der Waals surface area contributed by atoms with E-state index >= 15 is 0 Å². The molecule has 0 aliphatic rings. The van der Waals surface area contributed by atoms with Crippen LogP contribution in [0.4, 0.5) is 0 Å². The van der Waals surface area contributed by atoms with E-state index in [4.69, 9.17) is 9.47 Å². The highest BCUT2D eigenvalue weighted by Gasteiger charge is 2.15. The fraction of sp³-hybridized carbons (Fsp3) is 0.261. The molecule has 3 amide bonds. The van der Waals surface area contributed by atoms with Crippen molar-refractivity contribution < 1.29 is 23.9 Å². The van der Waals surface area contributed by atoms with Gasteiger partial charge in [-0.2, -0.15) is 0 Å². The predicted molar refractivity (Wildman–Crippen MR) is 117 cm³/mol. The van der Waals surface area contributed by atoms with Gasteiger partial charge in [0.15, 0.2) is 0 Å². The fourth-order valence-electron chi connectivity index (χ4n) is 2.54. The van der Waals surface area contributed by atoms with E-state index in [0.29, 0.717) is 6.54 Å². The summed E-state index contributed by atoms with van der Waals surface area (Å²) in [5, 5.41) is 7.78. The van der Waals surface area contributed by atoms with Gasteiger partial charge in [-0.3, -0.25) is 14.4 Å². The number of amides is 3. The first-order chi connectivity index (χ1) is 14.9. The van der Waals surface area contributed by atoms with Crippen molar-refractivity contribution in [3.63, 3.8) is 0 Å². The van der Waals surface area contributed by atoms with Crippen LogP contribution < -0.4 is 25.4 Å². The molecule has 2 rings (SSSR count). The van der Waals surface area contributed by atoms with E-state index < -0.39 is 17.9 Å². The van der Waals surface area contributed by atoms with Crippen LogP contribution in [0.3, 0.4) is 0 Å². The number of benzene rings is 2. The van der Waals surface area contributed by atoms with Gasteiger partial charge >= 0.3 is 0 Å². The molecule has 0 heterocycles. The van der Waals surface area contributed by atoms with Crippen LogP contribution >= 0.6 is 0 Å². The summed E-state index contributed by atoms with van der Waals surface area (Å²) in [6, 6.07) is 13.7. The largest absolute Gasteiger partial charge is 0.497 e. The van der Waals surface area contributed by atoms with Gasteiger partial charge in [0.2, 0.25) is 17.7 Å². The van der Waals surface area contributed by atoms with Crippen molar-refractivity contribution >= 4 is 23.8 Å². The third-order valence-corrected chi connectivity index (χ3v) is 4.37. The number of ether oxygens (including phenoxy) is 2. The first-order valence-electron chi connectivity index (χ1n) is 9.71. The second-order valence-corrected chi connectivity index (χ2v) is 6.68. The van der Waals surface area contributed by atoms with Gasteiger partial charge in [-0.1, -0.05) is 24.3 Å². The first kappa shape index (κ1) is 23.5. The second-order valence-electron chi connectivity index (χ2n) is 6.68. The van der Waals surface area contributed by atoms with Gasteiger partial charge in [-0.25, -0.2) is 0 Å². The highest BCUT2D eigenvalue weighted by Crippen LogP contribution is 2.12. The molecule has 0 spiro atoms. The molecule has 8 nitrogen and oxygen atoms in total. The van der Waals surface area contributed by atoms with Crippen molar-refractivity contribution in [1.82, 2.24) is 16.0 Å². The molecule has 0 fully saturated rings. The lowest BCUT2D eigenvalue weighted by atomic mass is 10.2. The minimum Gasteiger partial charge on any atom is -0.497 e. The number of methoxy groups -OCH3 is 2. The second kappa shape index (κ2) is 12.0. The van der Waals surface area contributed by atoms with Crippen LogP contribution in [0.1, 0.15) is 18.1 Å². The summed E-state index contributed by atoms with van der Waals surface area (Å²) >= 11 is 0. The van der Waals surface area contributed by atoms with E-state index in [2.05, 4.69) is 16.0 Å². The van der Waals surface area contributed by atoms with Gasteiger partial charge in [0.05, 0.1) is 20.8 Å². The third-order valence-electron chi connectivity index (χ3n) is 4.37. The van der Waals surface area contributed by atoms with E-state index in [1.165, 1.54) is 6.08 Å². The van der Waals surface area contributed by atoms with Crippen LogP contribution in [0.15, 0.2) is 54.6 Å². The average molecular weight is 425 g/mol. The smallest absolute Gasteiger partial charge is 0.244 e. The number of carbonyl (C=O) groups excluding carboxylic acids is 3. The summed E-state index contributed by atoms with van der Waals surface area (Å²) < 4.78 is 10.2. The molecule has 0 saturated heterocycles. The first-order valence-corrected chi connectivity index (χ1v) is 9.71. The summed E-state index contributed by atoms with van der Waals surface area (Å²) in [7, 11) is 3.16. The lowest BCUT2D eigenvalue weighted by Crippen LogP contribution is -2.47. The Balaban J connectivity index is 1.70. The summed E-state index contributed by atoms with van der Waals surface area (Å²) in [5.74, 6) is 0.257.